The number of rotatable bonds is 9. The summed E-state index contributed by atoms with van der Waals surface area (Å²) >= 11 is 0. The van der Waals surface area contributed by atoms with Crippen LogP contribution in [-0.4, -0.2) is 62.0 Å². The highest BCUT2D eigenvalue weighted by Crippen LogP contribution is 2.16. The number of ether oxygens (including phenoxy) is 1. The third kappa shape index (κ3) is 6.50. The minimum absolute atomic E-state index is 0.487. The topological polar surface area (TPSA) is 74.9 Å². The lowest BCUT2D eigenvalue weighted by molar-refractivity contribution is 0.0132. The molecule has 7 nitrogen and oxygen atoms in total. The van der Waals surface area contributed by atoms with Gasteiger partial charge >= 0.3 is 0 Å². The van der Waals surface area contributed by atoms with E-state index in [9.17, 15) is 0 Å². The van der Waals surface area contributed by atoms with Crippen molar-refractivity contribution in [3.63, 3.8) is 0 Å². The second-order valence-electron chi connectivity index (χ2n) is 7.48. The van der Waals surface area contributed by atoms with Gasteiger partial charge in [-0.2, -0.15) is 0 Å². The van der Waals surface area contributed by atoms with Crippen LogP contribution in [0.25, 0.3) is 0 Å². The molecule has 0 aliphatic carbocycles. The van der Waals surface area contributed by atoms with Crippen LogP contribution in [0.4, 0.5) is 0 Å². The molecule has 1 aliphatic rings. The molecule has 1 saturated heterocycles. The van der Waals surface area contributed by atoms with E-state index in [2.05, 4.69) is 53.4 Å². The van der Waals surface area contributed by atoms with Crippen molar-refractivity contribution in [2.24, 2.45) is 10.9 Å². The van der Waals surface area contributed by atoms with Gasteiger partial charge in [-0.05, 0) is 18.8 Å². The average molecular weight is 380 g/mol. The number of morpholine rings is 1. The van der Waals surface area contributed by atoms with Crippen molar-refractivity contribution in [3.8, 4) is 0 Å². The zero-order valence-electron chi connectivity index (χ0n) is 17.7. The van der Waals surface area contributed by atoms with Gasteiger partial charge in [-0.3, -0.25) is 9.89 Å². The molecule has 1 atom stereocenters. The zero-order valence-corrected chi connectivity index (χ0v) is 17.7. The van der Waals surface area contributed by atoms with E-state index >= 15 is 0 Å². The van der Waals surface area contributed by atoms with Gasteiger partial charge in [-0.1, -0.05) is 32.9 Å². The maximum absolute atomic E-state index is 5.51. The second kappa shape index (κ2) is 11.3. The molecular formula is C20H37N5O2. The minimum atomic E-state index is 0.487. The molecule has 0 spiro atoms. The third-order valence-electron chi connectivity index (χ3n) is 5.07. The largest absolute Gasteiger partial charge is 0.379 e. The summed E-state index contributed by atoms with van der Waals surface area (Å²) in [4.78, 5) is 6.93. The highest BCUT2D eigenvalue weighted by atomic mass is 16.5. The molecule has 27 heavy (non-hydrogen) atoms. The predicted molar refractivity (Wildman–Crippen MR) is 109 cm³/mol. The quantitative estimate of drug-likeness (QED) is 0.506. The van der Waals surface area contributed by atoms with Gasteiger partial charge in [-0.15, -0.1) is 0 Å². The van der Waals surface area contributed by atoms with Crippen LogP contribution in [0.15, 0.2) is 9.52 Å². The molecule has 2 N–H and O–H groups in total. The maximum Gasteiger partial charge on any atom is 0.191 e. The monoisotopic (exact) mass is 379 g/mol. The Hall–Kier alpha value is -1.60. The van der Waals surface area contributed by atoms with Crippen LogP contribution in [0, 0.1) is 5.92 Å². The summed E-state index contributed by atoms with van der Waals surface area (Å²) in [7, 11) is 1.82. The maximum atomic E-state index is 5.51. The molecule has 1 aromatic heterocycles. The zero-order chi connectivity index (χ0) is 19.6. The highest BCUT2D eigenvalue weighted by Gasteiger charge is 2.22. The first-order valence-corrected chi connectivity index (χ1v) is 10.3. The minimum Gasteiger partial charge on any atom is -0.379 e. The molecular weight excluding hydrogens is 342 g/mol. The molecule has 1 unspecified atom stereocenters. The van der Waals surface area contributed by atoms with Crippen LogP contribution in [0.2, 0.25) is 0 Å². The number of hydrogen-bond acceptors (Lipinski definition) is 5. The lowest BCUT2D eigenvalue weighted by atomic mass is 10.0. The molecule has 154 valence electrons. The summed E-state index contributed by atoms with van der Waals surface area (Å²) in [5, 5.41) is 11.1. The fourth-order valence-corrected chi connectivity index (χ4v) is 3.59. The van der Waals surface area contributed by atoms with Gasteiger partial charge < -0.3 is 19.9 Å². The normalized spacial score (nSPS) is 17.3. The predicted octanol–water partition coefficient (Wildman–Crippen LogP) is 2.21. The average Bonchev–Trinajstić information content (AvgIpc) is 3.09. The van der Waals surface area contributed by atoms with E-state index in [4.69, 9.17) is 9.26 Å². The Kier molecular flexibility index (Phi) is 9.07. The van der Waals surface area contributed by atoms with E-state index in [1.54, 1.807) is 0 Å². The molecule has 1 aromatic rings. The molecule has 0 amide bonds. The van der Waals surface area contributed by atoms with E-state index in [0.717, 1.165) is 75.1 Å². The molecule has 1 fully saturated rings. The van der Waals surface area contributed by atoms with Crippen molar-refractivity contribution in [1.82, 2.24) is 20.7 Å². The van der Waals surface area contributed by atoms with E-state index in [0.29, 0.717) is 18.5 Å². The Bertz CT molecular complexity index is 557. The van der Waals surface area contributed by atoms with Crippen molar-refractivity contribution in [1.29, 1.82) is 0 Å². The Labute approximate surface area is 163 Å². The summed E-state index contributed by atoms with van der Waals surface area (Å²) in [5.41, 5.74) is 2.19. The molecule has 2 heterocycles. The SMILES string of the molecule is CCc1noc(CC)c1CNC(=NC)NCC(CC(C)C)N1CCOCC1. The first kappa shape index (κ1) is 21.7. The smallest absolute Gasteiger partial charge is 0.191 e. The van der Waals surface area contributed by atoms with Gasteiger partial charge in [0.1, 0.15) is 5.76 Å². The number of aromatic nitrogens is 1. The van der Waals surface area contributed by atoms with Gasteiger partial charge in [0, 0.05) is 51.3 Å². The number of aliphatic imine (C=N–C) groups is 1. The molecule has 0 saturated carbocycles. The molecule has 1 aliphatic heterocycles. The van der Waals surface area contributed by atoms with Crippen molar-refractivity contribution in [3.05, 3.63) is 17.0 Å². The summed E-state index contributed by atoms with van der Waals surface area (Å²) in [6.07, 6.45) is 2.89. The number of hydrogen-bond donors (Lipinski definition) is 2. The fourth-order valence-electron chi connectivity index (χ4n) is 3.59. The van der Waals surface area contributed by atoms with Crippen molar-refractivity contribution in [2.45, 2.75) is 59.5 Å². The third-order valence-corrected chi connectivity index (χ3v) is 5.07. The lowest BCUT2D eigenvalue weighted by Gasteiger charge is -2.35. The van der Waals surface area contributed by atoms with Crippen molar-refractivity contribution < 1.29 is 9.26 Å². The number of guanidine groups is 1. The molecule has 0 radical (unpaired) electrons. The van der Waals surface area contributed by atoms with Gasteiger partial charge in [0.05, 0.1) is 18.9 Å². The van der Waals surface area contributed by atoms with E-state index in [-0.39, 0.29) is 0 Å². The van der Waals surface area contributed by atoms with Crippen LogP contribution in [0.5, 0.6) is 0 Å². The van der Waals surface area contributed by atoms with Crippen LogP contribution in [-0.2, 0) is 24.1 Å². The fraction of sp³-hybridized carbons (Fsp3) is 0.800. The molecule has 7 heteroatoms. The summed E-state index contributed by atoms with van der Waals surface area (Å²) < 4.78 is 11.0. The van der Waals surface area contributed by atoms with E-state index < -0.39 is 0 Å². The Morgan fingerprint density at radius 1 is 1.19 bits per heavy atom. The van der Waals surface area contributed by atoms with Crippen LogP contribution < -0.4 is 10.6 Å². The summed E-state index contributed by atoms with van der Waals surface area (Å²) in [6.45, 7) is 14.0. The first-order chi connectivity index (χ1) is 13.1. The number of nitrogens with one attached hydrogen (secondary N) is 2. The Morgan fingerprint density at radius 3 is 2.52 bits per heavy atom. The Balaban J connectivity index is 1.92. The Morgan fingerprint density at radius 2 is 1.93 bits per heavy atom. The molecule has 0 aromatic carbocycles. The van der Waals surface area contributed by atoms with Crippen LogP contribution in [0.3, 0.4) is 0 Å². The van der Waals surface area contributed by atoms with E-state index in [1.807, 2.05) is 7.05 Å². The second-order valence-corrected chi connectivity index (χ2v) is 7.48. The highest BCUT2D eigenvalue weighted by molar-refractivity contribution is 5.79. The van der Waals surface area contributed by atoms with Gasteiger partial charge in [-0.25, -0.2) is 0 Å². The molecule has 0 bridgehead atoms. The van der Waals surface area contributed by atoms with Gasteiger partial charge in [0.25, 0.3) is 0 Å². The standard InChI is InChI=1S/C20H37N5O2/c1-6-18-17(19(7-2)27-24-18)14-23-20(21-5)22-13-16(12-15(3)4)25-8-10-26-11-9-25/h15-16H,6-14H2,1-5H3,(H2,21,22,23). The summed E-state index contributed by atoms with van der Waals surface area (Å²) in [5.74, 6) is 2.44. The number of aryl methyl sites for hydroxylation is 2. The lowest BCUT2D eigenvalue weighted by Crippen LogP contribution is -2.51. The molecule has 2 rings (SSSR count). The van der Waals surface area contributed by atoms with Gasteiger partial charge in [0.2, 0.25) is 0 Å². The van der Waals surface area contributed by atoms with Crippen LogP contribution >= 0.6 is 0 Å². The van der Waals surface area contributed by atoms with E-state index in [1.165, 1.54) is 0 Å². The summed E-state index contributed by atoms with van der Waals surface area (Å²) in [6, 6.07) is 0.487. The van der Waals surface area contributed by atoms with Crippen molar-refractivity contribution in [2.75, 3.05) is 39.9 Å². The van der Waals surface area contributed by atoms with Crippen LogP contribution in [0.1, 0.15) is 51.1 Å². The number of nitrogens with zero attached hydrogens (tertiary/aromatic N) is 3. The first-order valence-electron chi connectivity index (χ1n) is 10.3. The van der Waals surface area contributed by atoms with Gasteiger partial charge in [0.15, 0.2) is 5.96 Å². The van der Waals surface area contributed by atoms with Crippen molar-refractivity contribution >= 4 is 5.96 Å².